The zero-order chi connectivity index (χ0) is 20.4. The van der Waals surface area contributed by atoms with Crippen LogP contribution in [0.15, 0.2) is 30.5 Å². The van der Waals surface area contributed by atoms with Crippen LogP contribution >= 0.6 is 0 Å². The Morgan fingerprint density at radius 1 is 1.19 bits per heavy atom. The molecule has 0 aliphatic heterocycles. The summed E-state index contributed by atoms with van der Waals surface area (Å²) in [5, 5.41) is 10.7. The summed E-state index contributed by atoms with van der Waals surface area (Å²) in [5.74, 6) is -0.478. The predicted octanol–water partition coefficient (Wildman–Crippen LogP) is 4.39. The van der Waals surface area contributed by atoms with Crippen molar-refractivity contribution < 1.29 is 24.2 Å². The van der Waals surface area contributed by atoms with Gasteiger partial charge in [0, 0.05) is 11.6 Å². The fourth-order valence-corrected chi connectivity index (χ4v) is 2.50. The molecule has 0 atom stereocenters. The number of nitrogens with zero attached hydrogens (tertiary/aromatic N) is 1. The van der Waals surface area contributed by atoms with Crippen molar-refractivity contribution in [1.82, 2.24) is 4.57 Å². The van der Waals surface area contributed by atoms with E-state index in [4.69, 9.17) is 9.47 Å². The number of esters is 1. The van der Waals surface area contributed by atoms with E-state index in [0.717, 1.165) is 5.39 Å². The van der Waals surface area contributed by atoms with Crippen molar-refractivity contribution >= 4 is 29.0 Å². The van der Waals surface area contributed by atoms with Crippen molar-refractivity contribution in [2.24, 2.45) is 0 Å². The molecule has 2 rings (SSSR count). The molecule has 0 unspecified atom stereocenters. The van der Waals surface area contributed by atoms with Gasteiger partial charge in [0.15, 0.2) is 0 Å². The summed E-state index contributed by atoms with van der Waals surface area (Å²) in [6, 6.07) is 5.07. The molecule has 1 N–H and O–H groups in total. The standard InChI is InChI=1S/C21H27NO5/c1-7-26-18(23)15-12-14(8-10-21(5,6)25)16-9-11-22(17(16)13-15)19(24)27-20(2,3)4/h8-13,25H,7H2,1-6H3/b10-8+. The number of rotatable bonds is 4. The van der Waals surface area contributed by atoms with Crippen LogP contribution in [0.25, 0.3) is 17.0 Å². The molecule has 2 aromatic rings. The Hall–Kier alpha value is -2.60. The molecule has 0 fully saturated rings. The highest BCUT2D eigenvalue weighted by Gasteiger charge is 2.21. The Kier molecular flexibility index (Phi) is 5.80. The molecule has 1 heterocycles. The van der Waals surface area contributed by atoms with Gasteiger partial charge in [-0.25, -0.2) is 9.59 Å². The second kappa shape index (κ2) is 7.56. The predicted molar refractivity (Wildman–Crippen MR) is 105 cm³/mol. The van der Waals surface area contributed by atoms with E-state index in [1.165, 1.54) is 4.57 Å². The smallest absolute Gasteiger partial charge is 0.418 e. The van der Waals surface area contributed by atoms with Crippen LogP contribution in [0.4, 0.5) is 4.79 Å². The SMILES string of the molecule is CCOC(=O)c1cc(/C=C/C(C)(C)O)c2ccn(C(=O)OC(C)(C)C)c2c1. The van der Waals surface area contributed by atoms with Gasteiger partial charge in [-0.1, -0.05) is 12.2 Å². The van der Waals surface area contributed by atoms with Crippen molar-refractivity contribution in [1.29, 1.82) is 0 Å². The van der Waals surface area contributed by atoms with Crippen LogP contribution in [-0.4, -0.2) is 39.5 Å². The zero-order valence-corrected chi connectivity index (χ0v) is 16.7. The molecule has 1 aromatic heterocycles. The van der Waals surface area contributed by atoms with Gasteiger partial charge in [0.05, 0.1) is 23.3 Å². The fourth-order valence-electron chi connectivity index (χ4n) is 2.50. The minimum atomic E-state index is -1.01. The second-order valence-electron chi connectivity index (χ2n) is 7.87. The molecule has 0 radical (unpaired) electrons. The number of fused-ring (bicyclic) bond motifs is 1. The molecule has 0 bridgehead atoms. The molecule has 0 saturated heterocycles. The number of aromatic nitrogens is 1. The largest absolute Gasteiger partial charge is 0.462 e. The van der Waals surface area contributed by atoms with Crippen LogP contribution in [-0.2, 0) is 9.47 Å². The first-order chi connectivity index (χ1) is 12.4. The molecule has 0 aliphatic rings. The minimum absolute atomic E-state index is 0.249. The Balaban J connectivity index is 2.62. The zero-order valence-electron chi connectivity index (χ0n) is 16.7. The molecule has 27 heavy (non-hydrogen) atoms. The van der Waals surface area contributed by atoms with Crippen LogP contribution < -0.4 is 0 Å². The first-order valence-corrected chi connectivity index (χ1v) is 8.88. The van der Waals surface area contributed by atoms with E-state index >= 15 is 0 Å². The highest BCUT2D eigenvalue weighted by atomic mass is 16.6. The third kappa shape index (κ3) is 5.44. The number of carbonyl (C=O) groups excluding carboxylic acids is 2. The van der Waals surface area contributed by atoms with Crippen molar-refractivity contribution in [3.05, 3.63) is 41.6 Å². The third-order valence-electron chi connectivity index (χ3n) is 3.61. The molecular weight excluding hydrogens is 346 g/mol. The number of benzene rings is 1. The molecule has 6 heteroatoms. The maximum absolute atomic E-state index is 12.5. The summed E-state index contributed by atoms with van der Waals surface area (Å²) in [6.45, 7) is 10.7. The van der Waals surface area contributed by atoms with Gasteiger partial charge in [-0.05, 0) is 65.3 Å². The quantitative estimate of drug-likeness (QED) is 0.805. The van der Waals surface area contributed by atoms with Crippen LogP contribution in [0.3, 0.4) is 0 Å². The van der Waals surface area contributed by atoms with E-state index in [-0.39, 0.29) is 6.61 Å². The maximum atomic E-state index is 12.5. The van der Waals surface area contributed by atoms with E-state index in [2.05, 4.69) is 0 Å². The van der Waals surface area contributed by atoms with Crippen LogP contribution in [0.2, 0.25) is 0 Å². The van der Waals surface area contributed by atoms with E-state index in [1.54, 1.807) is 78.1 Å². The van der Waals surface area contributed by atoms with Crippen molar-refractivity contribution in [2.45, 2.75) is 52.7 Å². The van der Waals surface area contributed by atoms with Crippen LogP contribution in [0.1, 0.15) is 57.5 Å². The van der Waals surface area contributed by atoms with Gasteiger partial charge >= 0.3 is 12.1 Å². The lowest BCUT2D eigenvalue weighted by molar-refractivity contribution is 0.0518. The molecule has 146 valence electrons. The summed E-state index contributed by atoms with van der Waals surface area (Å²) in [6.07, 6.45) is 4.43. The molecule has 6 nitrogen and oxygen atoms in total. The number of carbonyl (C=O) groups is 2. The van der Waals surface area contributed by atoms with E-state index < -0.39 is 23.3 Å². The Labute approximate surface area is 159 Å². The first-order valence-electron chi connectivity index (χ1n) is 8.88. The Morgan fingerprint density at radius 2 is 1.85 bits per heavy atom. The maximum Gasteiger partial charge on any atom is 0.418 e. The summed E-state index contributed by atoms with van der Waals surface area (Å²) >= 11 is 0. The lowest BCUT2D eigenvalue weighted by Crippen LogP contribution is -2.26. The van der Waals surface area contributed by atoms with Gasteiger partial charge < -0.3 is 14.6 Å². The number of hydrogen-bond donors (Lipinski definition) is 1. The second-order valence-corrected chi connectivity index (χ2v) is 7.87. The van der Waals surface area contributed by atoms with Crippen molar-refractivity contribution in [3.8, 4) is 0 Å². The highest BCUT2D eigenvalue weighted by molar-refractivity contribution is 6.01. The number of ether oxygens (including phenoxy) is 2. The monoisotopic (exact) mass is 373 g/mol. The molecule has 1 aromatic carbocycles. The normalized spacial score (nSPS) is 12.6. The average Bonchev–Trinajstić information content (AvgIpc) is 2.94. The summed E-state index contributed by atoms with van der Waals surface area (Å²) in [5.41, 5.74) is -0.107. The molecule has 0 spiro atoms. The van der Waals surface area contributed by atoms with Crippen LogP contribution in [0.5, 0.6) is 0 Å². The first kappa shape index (κ1) is 20.7. The van der Waals surface area contributed by atoms with Crippen molar-refractivity contribution in [2.75, 3.05) is 6.61 Å². The fraction of sp³-hybridized carbons (Fsp3) is 0.429. The van der Waals surface area contributed by atoms with E-state index in [0.29, 0.717) is 16.6 Å². The van der Waals surface area contributed by atoms with E-state index in [9.17, 15) is 14.7 Å². The topological polar surface area (TPSA) is 77.8 Å². The average molecular weight is 373 g/mol. The number of aliphatic hydroxyl groups is 1. The third-order valence-corrected chi connectivity index (χ3v) is 3.61. The molecular formula is C21H27NO5. The summed E-state index contributed by atoms with van der Waals surface area (Å²) in [4.78, 5) is 24.8. The molecule has 0 aliphatic carbocycles. The van der Waals surface area contributed by atoms with Gasteiger partial charge in [0.1, 0.15) is 5.60 Å². The van der Waals surface area contributed by atoms with Crippen molar-refractivity contribution in [3.63, 3.8) is 0 Å². The lowest BCUT2D eigenvalue weighted by Gasteiger charge is -2.20. The lowest BCUT2D eigenvalue weighted by atomic mass is 10.0. The Morgan fingerprint density at radius 3 is 2.41 bits per heavy atom. The highest BCUT2D eigenvalue weighted by Crippen LogP contribution is 2.26. The summed E-state index contributed by atoms with van der Waals surface area (Å²) in [7, 11) is 0. The Bertz CT molecular complexity index is 878. The molecule has 0 saturated carbocycles. The van der Waals surface area contributed by atoms with Gasteiger partial charge in [-0.15, -0.1) is 0 Å². The molecule has 0 amide bonds. The van der Waals surface area contributed by atoms with Gasteiger partial charge in [-0.2, -0.15) is 0 Å². The van der Waals surface area contributed by atoms with E-state index in [1.807, 2.05) is 0 Å². The van der Waals surface area contributed by atoms with Gasteiger partial charge in [-0.3, -0.25) is 4.57 Å². The van der Waals surface area contributed by atoms with Crippen LogP contribution in [0, 0.1) is 0 Å². The van der Waals surface area contributed by atoms with Gasteiger partial charge in [0.2, 0.25) is 0 Å². The number of hydrogen-bond acceptors (Lipinski definition) is 5. The summed E-state index contributed by atoms with van der Waals surface area (Å²) < 4.78 is 11.9. The van der Waals surface area contributed by atoms with Gasteiger partial charge in [0.25, 0.3) is 0 Å². The minimum Gasteiger partial charge on any atom is -0.462 e.